The maximum absolute atomic E-state index is 5.24. The normalized spacial score (nSPS) is 11.6. The van der Waals surface area contributed by atoms with Crippen molar-refractivity contribution in [3.05, 3.63) is 52.9 Å². The largest absolute Gasteiger partial charge is 0.361 e. The molecule has 0 aliphatic heterocycles. The van der Waals surface area contributed by atoms with Crippen LogP contribution in [0.1, 0.15) is 22.6 Å². The van der Waals surface area contributed by atoms with Gasteiger partial charge in [0.2, 0.25) is 0 Å². The lowest BCUT2D eigenvalue weighted by Gasteiger charge is -2.06. The third-order valence-electron chi connectivity index (χ3n) is 4.06. The molecule has 3 heterocycles. The standard InChI is InChI=1S/C17H16N4OS/c1-10-8-13-6-4-5-7-15(13)21-16(10)18-19-17(21)23-9-14-11(2)20-22-12(14)3/h4-8H,9H2,1-3H3. The van der Waals surface area contributed by atoms with Crippen LogP contribution in [0.5, 0.6) is 0 Å². The van der Waals surface area contributed by atoms with Crippen molar-refractivity contribution in [1.29, 1.82) is 0 Å². The third kappa shape index (κ3) is 2.30. The van der Waals surface area contributed by atoms with Gasteiger partial charge in [-0.05, 0) is 43.9 Å². The van der Waals surface area contributed by atoms with E-state index in [2.05, 4.69) is 50.9 Å². The second-order valence-corrected chi connectivity index (χ2v) is 6.56. The fourth-order valence-corrected chi connectivity index (χ4v) is 3.89. The highest BCUT2D eigenvalue weighted by Crippen LogP contribution is 2.29. The smallest absolute Gasteiger partial charge is 0.196 e. The van der Waals surface area contributed by atoms with E-state index < -0.39 is 0 Å². The van der Waals surface area contributed by atoms with Gasteiger partial charge in [0.1, 0.15) is 5.76 Å². The number of benzene rings is 1. The second-order valence-electron chi connectivity index (χ2n) is 5.62. The molecule has 0 saturated carbocycles. The number of nitrogens with zero attached hydrogens (tertiary/aromatic N) is 4. The molecule has 0 atom stereocenters. The molecule has 4 aromatic rings. The van der Waals surface area contributed by atoms with Crippen molar-refractivity contribution in [1.82, 2.24) is 19.8 Å². The number of fused-ring (bicyclic) bond motifs is 3. The molecule has 0 radical (unpaired) electrons. The van der Waals surface area contributed by atoms with Gasteiger partial charge >= 0.3 is 0 Å². The zero-order chi connectivity index (χ0) is 16.0. The molecule has 1 aromatic carbocycles. The Hall–Kier alpha value is -2.34. The summed E-state index contributed by atoms with van der Waals surface area (Å²) < 4.78 is 7.37. The van der Waals surface area contributed by atoms with Gasteiger partial charge in [-0.1, -0.05) is 35.1 Å². The molecule has 0 N–H and O–H groups in total. The van der Waals surface area contributed by atoms with E-state index in [1.54, 1.807) is 11.8 Å². The minimum atomic E-state index is 0.768. The van der Waals surface area contributed by atoms with E-state index in [4.69, 9.17) is 4.52 Å². The number of hydrogen-bond donors (Lipinski definition) is 0. The molecule has 116 valence electrons. The lowest BCUT2D eigenvalue weighted by atomic mass is 10.1. The van der Waals surface area contributed by atoms with Crippen LogP contribution in [0, 0.1) is 20.8 Å². The Morgan fingerprint density at radius 1 is 1.13 bits per heavy atom. The van der Waals surface area contributed by atoms with Gasteiger partial charge in [-0.25, -0.2) is 0 Å². The molecule has 0 unspecified atom stereocenters. The monoisotopic (exact) mass is 324 g/mol. The molecule has 0 saturated heterocycles. The summed E-state index contributed by atoms with van der Waals surface area (Å²) in [7, 11) is 0. The van der Waals surface area contributed by atoms with Crippen molar-refractivity contribution < 1.29 is 4.52 Å². The summed E-state index contributed by atoms with van der Waals surface area (Å²) in [6.07, 6.45) is 0. The molecule has 0 amide bonds. The average molecular weight is 324 g/mol. The molecule has 5 nitrogen and oxygen atoms in total. The van der Waals surface area contributed by atoms with Crippen molar-refractivity contribution in [2.45, 2.75) is 31.7 Å². The highest BCUT2D eigenvalue weighted by Gasteiger charge is 2.15. The molecule has 3 aromatic heterocycles. The fraction of sp³-hybridized carbons (Fsp3) is 0.235. The minimum Gasteiger partial charge on any atom is -0.361 e. The number of pyridine rings is 1. The summed E-state index contributed by atoms with van der Waals surface area (Å²) >= 11 is 1.66. The lowest BCUT2D eigenvalue weighted by Crippen LogP contribution is -1.94. The van der Waals surface area contributed by atoms with Crippen LogP contribution in [0.4, 0.5) is 0 Å². The topological polar surface area (TPSA) is 56.2 Å². The first-order valence-corrected chi connectivity index (χ1v) is 8.41. The maximum Gasteiger partial charge on any atom is 0.196 e. The van der Waals surface area contributed by atoms with E-state index >= 15 is 0 Å². The van der Waals surface area contributed by atoms with Crippen molar-refractivity contribution in [2.75, 3.05) is 0 Å². The van der Waals surface area contributed by atoms with Crippen molar-refractivity contribution in [3.63, 3.8) is 0 Å². The minimum absolute atomic E-state index is 0.768. The van der Waals surface area contributed by atoms with Crippen LogP contribution in [0.25, 0.3) is 16.6 Å². The Labute approximate surface area is 137 Å². The molecule has 6 heteroatoms. The predicted octanol–water partition coefficient (Wildman–Crippen LogP) is 4.09. The highest BCUT2D eigenvalue weighted by atomic mass is 32.2. The maximum atomic E-state index is 5.24. The second kappa shape index (κ2) is 5.38. The Balaban J connectivity index is 1.81. The zero-order valence-electron chi connectivity index (χ0n) is 13.2. The zero-order valence-corrected chi connectivity index (χ0v) is 14.0. The third-order valence-corrected chi connectivity index (χ3v) is 5.02. The van der Waals surface area contributed by atoms with Crippen LogP contribution in [0.15, 0.2) is 40.0 Å². The van der Waals surface area contributed by atoms with Gasteiger partial charge < -0.3 is 4.52 Å². The van der Waals surface area contributed by atoms with Crippen LogP contribution in [-0.2, 0) is 5.75 Å². The van der Waals surface area contributed by atoms with Crippen LogP contribution in [0.2, 0.25) is 0 Å². The summed E-state index contributed by atoms with van der Waals surface area (Å²) in [6.45, 7) is 5.98. The summed E-state index contributed by atoms with van der Waals surface area (Å²) in [6, 6.07) is 10.5. The number of para-hydroxylation sites is 1. The Morgan fingerprint density at radius 3 is 2.74 bits per heavy atom. The summed E-state index contributed by atoms with van der Waals surface area (Å²) in [5.41, 5.74) is 5.22. The van der Waals surface area contributed by atoms with Crippen LogP contribution in [0.3, 0.4) is 0 Å². The van der Waals surface area contributed by atoms with Gasteiger partial charge in [0.25, 0.3) is 0 Å². The molecule has 0 fully saturated rings. The van der Waals surface area contributed by atoms with Crippen molar-refractivity contribution >= 4 is 28.3 Å². The van der Waals surface area contributed by atoms with Gasteiger partial charge in [0.05, 0.1) is 11.2 Å². The Morgan fingerprint density at radius 2 is 1.96 bits per heavy atom. The van der Waals surface area contributed by atoms with E-state index in [-0.39, 0.29) is 0 Å². The summed E-state index contributed by atoms with van der Waals surface area (Å²) in [5.74, 6) is 1.63. The van der Waals surface area contributed by atoms with E-state index in [1.165, 1.54) is 5.39 Å². The first-order chi connectivity index (χ1) is 11.1. The number of aryl methyl sites for hydroxylation is 3. The van der Waals surface area contributed by atoms with Gasteiger partial charge in [-0.2, -0.15) is 0 Å². The fourth-order valence-electron chi connectivity index (χ4n) is 2.79. The molecule has 0 aliphatic rings. The molecule has 0 spiro atoms. The molecule has 4 rings (SSSR count). The van der Waals surface area contributed by atoms with Gasteiger partial charge in [-0.3, -0.25) is 4.40 Å². The Bertz CT molecular complexity index is 999. The van der Waals surface area contributed by atoms with E-state index in [9.17, 15) is 0 Å². The van der Waals surface area contributed by atoms with Crippen LogP contribution in [-0.4, -0.2) is 19.8 Å². The summed E-state index contributed by atoms with van der Waals surface area (Å²) in [5, 5.41) is 14.8. The lowest BCUT2D eigenvalue weighted by molar-refractivity contribution is 0.392. The highest BCUT2D eigenvalue weighted by molar-refractivity contribution is 7.98. The van der Waals surface area contributed by atoms with Crippen molar-refractivity contribution in [2.24, 2.45) is 0 Å². The quantitative estimate of drug-likeness (QED) is 0.531. The van der Waals surface area contributed by atoms with Gasteiger partial charge in [0, 0.05) is 11.3 Å². The van der Waals surface area contributed by atoms with Crippen LogP contribution >= 0.6 is 11.8 Å². The number of rotatable bonds is 3. The number of thioether (sulfide) groups is 1. The van der Waals surface area contributed by atoms with Gasteiger partial charge in [-0.15, -0.1) is 10.2 Å². The molecular formula is C17H16N4OS. The first-order valence-electron chi connectivity index (χ1n) is 7.43. The molecular weight excluding hydrogens is 308 g/mol. The number of hydrogen-bond acceptors (Lipinski definition) is 5. The van der Waals surface area contributed by atoms with Gasteiger partial charge in [0.15, 0.2) is 10.8 Å². The SMILES string of the molecule is Cc1noc(C)c1CSc1nnc2c(C)cc3ccccc3n12. The number of aromatic nitrogens is 4. The predicted molar refractivity (Wildman–Crippen MR) is 90.8 cm³/mol. The van der Waals surface area contributed by atoms with Crippen LogP contribution < -0.4 is 0 Å². The first kappa shape index (κ1) is 14.3. The summed E-state index contributed by atoms with van der Waals surface area (Å²) in [4.78, 5) is 0. The average Bonchev–Trinajstić information content (AvgIpc) is 3.11. The van der Waals surface area contributed by atoms with E-state index in [1.807, 2.05) is 19.9 Å². The van der Waals surface area contributed by atoms with E-state index in [0.717, 1.165) is 44.7 Å². The van der Waals surface area contributed by atoms with E-state index in [0.29, 0.717) is 0 Å². The molecule has 0 aliphatic carbocycles. The molecule has 0 bridgehead atoms. The Kier molecular flexibility index (Phi) is 3.34. The molecule has 23 heavy (non-hydrogen) atoms. The van der Waals surface area contributed by atoms with Crippen molar-refractivity contribution in [3.8, 4) is 0 Å².